The normalized spacial score (nSPS) is 10.2. The maximum Gasteiger partial charge on any atom is 0.229 e. The molecule has 0 spiro atoms. The van der Waals surface area contributed by atoms with Crippen molar-refractivity contribution in [2.45, 2.75) is 13.5 Å². The molecule has 0 aliphatic heterocycles. The van der Waals surface area contributed by atoms with Gasteiger partial charge in [0.05, 0.1) is 7.11 Å². The molecule has 0 aliphatic carbocycles. The van der Waals surface area contributed by atoms with E-state index in [1.54, 1.807) is 13.3 Å². The molecule has 1 aromatic heterocycles. The van der Waals surface area contributed by atoms with Gasteiger partial charge in [-0.05, 0) is 30.7 Å². The highest BCUT2D eigenvalue weighted by Gasteiger charge is 2.02. The van der Waals surface area contributed by atoms with Gasteiger partial charge >= 0.3 is 0 Å². The molecule has 2 aromatic carbocycles. The van der Waals surface area contributed by atoms with E-state index in [-0.39, 0.29) is 0 Å². The summed E-state index contributed by atoms with van der Waals surface area (Å²) in [5.41, 5.74) is 3.35. The van der Waals surface area contributed by atoms with Crippen LogP contribution in [0, 0.1) is 6.92 Å². The molecule has 3 rings (SSSR count). The van der Waals surface area contributed by atoms with Crippen molar-refractivity contribution >= 4 is 17.5 Å². The molecule has 0 radical (unpaired) electrons. The van der Waals surface area contributed by atoms with Crippen LogP contribution in [0.5, 0.6) is 5.75 Å². The van der Waals surface area contributed by atoms with Crippen LogP contribution in [0.3, 0.4) is 0 Å². The van der Waals surface area contributed by atoms with E-state index in [2.05, 4.69) is 51.8 Å². The first-order valence-electron chi connectivity index (χ1n) is 7.76. The minimum Gasteiger partial charge on any atom is -0.497 e. The van der Waals surface area contributed by atoms with Gasteiger partial charge in [-0.25, -0.2) is 4.98 Å². The quantitative estimate of drug-likeness (QED) is 0.714. The lowest BCUT2D eigenvalue weighted by Gasteiger charge is -2.09. The molecule has 0 atom stereocenters. The van der Waals surface area contributed by atoms with Crippen LogP contribution in [0.1, 0.15) is 11.1 Å². The Hall–Kier alpha value is -3.08. The highest BCUT2D eigenvalue weighted by Crippen LogP contribution is 2.20. The summed E-state index contributed by atoms with van der Waals surface area (Å²) in [5.74, 6) is 2.10. The molecule has 0 bridgehead atoms. The van der Waals surface area contributed by atoms with Gasteiger partial charge in [0.1, 0.15) is 11.6 Å². The van der Waals surface area contributed by atoms with Gasteiger partial charge in [0.15, 0.2) is 0 Å². The number of aryl methyl sites for hydroxylation is 1. The van der Waals surface area contributed by atoms with Crippen LogP contribution in [0.2, 0.25) is 0 Å². The van der Waals surface area contributed by atoms with Crippen molar-refractivity contribution < 1.29 is 4.74 Å². The summed E-state index contributed by atoms with van der Waals surface area (Å²) >= 11 is 0. The van der Waals surface area contributed by atoms with E-state index < -0.39 is 0 Å². The molecular formula is C19H20N4O. The van der Waals surface area contributed by atoms with Crippen molar-refractivity contribution in [1.82, 2.24) is 9.97 Å². The Bertz CT molecular complexity index is 820. The standard InChI is InChI=1S/C19H20N4O/c1-14-5-3-6-15(11-14)13-21-18-9-10-20-19(23-18)22-16-7-4-8-17(12-16)24-2/h3-12H,13H2,1-2H3,(H2,20,21,22,23). The zero-order valence-corrected chi connectivity index (χ0v) is 13.8. The Labute approximate surface area is 141 Å². The fourth-order valence-electron chi connectivity index (χ4n) is 2.36. The second-order valence-corrected chi connectivity index (χ2v) is 5.47. The first-order valence-corrected chi connectivity index (χ1v) is 7.76. The van der Waals surface area contributed by atoms with Crippen LogP contribution in [0.15, 0.2) is 60.8 Å². The molecular weight excluding hydrogens is 300 g/mol. The summed E-state index contributed by atoms with van der Waals surface area (Å²) < 4.78 is 5.22. The van der Waals surface area contributed by atoms with Crippen LogP contribution in [0.4, 0.5) is 17.5 Å². The van der Waals surface area contributed by atoms with Crippen molar-refractivity contribution in [2.75, 3.05) is 17.7 Å². The molecule has 5 nitrogen and oxygen atoms in total. The highest BCUT2D eigenvalue weighted by molar-refractivity contribution is 5.57. The average Bonchev–Trinajstić information content (AvgIpc) is 2.61. The number of anilines is 3. The van der Waals surface area contributed by atoms with Gasteiger partial charge in [0, 0.05) is 24.5 Å². The van der Waals surface area contributed by atoms with E-state index in [4.69, 9.17) is 4.74 Å². The van der Waals surface area contributed by atoms with Crippen LogP contribution in [-0.4, -0.2) is 17.1 Å². The summed E-state index contributed by atoms with van der Waals surface area (Å²) in [6.45, 7) is 2.81. The lowest BCUT2D eigenvalue weighted by Crippen LogP contribution is -2.04. The summed E-state index contributed by atoms with van der Waals surface area (Å²) in [7, 11) is 1.64. The van der Waals surface area contributed by atoms with Crippen molar-refractivity contribution in [3.63, 3.8) is 0 Å². The van der Waals surface area contributed by atoms with E-state index in [1.807, 2.05) is 30.3 Å². The number of nitrogens with zero attached hydrogens (tertiary/aromatic N) is 2. The zero-order chi connectivity index (χ0) is 16.8. The van der Waals surface area contributed by atoms with E-state index >= 15 is 0 Å². The molecule has 0 fully saturated rings. The maximum absolute atomic E-state index is 5.22. The number of rotatable bonds is 6. The number of nitrogens with one attached hydrogen (secondary N) is 2. The number of hydrogen-bond donors (Lipinski definition) is 2. The van der Waals surface area contributed by atoms with E-state index in [1.165, 1.54) is 11.1 Å². The fourth-order valence-corrected chi connectivity index (χ4v) is 2.36. The third-order valence-electron chi connectivity index (χ3n) is 3.54. The minimum atomic E-state index is 0.539. The van der Waals surface area contributed by atoms with E-state index in [0.717, 1.165) is 23.8 Å². The number of ether oxygens (including phenoxy) is 1. The number of hydrogen-bond acceptors (Lipinski definition) is 5. The van der Waals surface area contributed by atoms with Crippen LogP contribution < -0.4 is 15.4 Å². The summed E-state index contributed by atoms with van der Waals surface area (Å²) in [4.78, 5) is 8.74. The molecule has 5 heteroatoms. The van der Waals surface area contributed by atoms with Crippen molar-refractivity contribution in [3.05, 3.63) is 71.9 Å². The van der Waals surface area contributed by atoms with Gasteiger partial charge in [-0.2, -0.15) is 4.98 Å². The molecule has 0 aliphatic rings. The van der Waals surface area contributed by atoms with Gasteiger partial charge in [0.25, 0.3) is 0 Å². The fraction of sp³-hybridized carbons (Fsp3) is 0.158. The SMILES string of the molecule is COc1cccc(Nc2nccc(NCc3cccc(C)c3)n2)c1. The third-order valence-corrected chi connectivity index (χ3v) is 3.54. The Morgan fingerprint density at radius 1 is 1.04 bits per heavy atom. The Balaban J connectivity index is 1.67. The molecule has 0 saturated heterocycles. The smallest absolute Gasteiger partial charge is 0.229 e. The number of aromatic nitrogens is 2. The molecule has 24 heavy (non-hydrogen) atoms. The van der Waals surface area contributed by atoms with E-state index in [9.17, 15) is 0 Å². The number of benzene rings is 2. The Morgan fingerprint density at radius 2 is 1.92 bits per heavy atom. The predicted octanol–water partition coefficient (Wildman–Crippen LogP) is 4.15. The van der Waals surface area contributed by atoms with Gasteiger partial charge in [-0.15, -0.1) is 0 Å². The van der Waals surface area contributed by atoms with Crippen LogP contribution >= 0.6 is 0 Å². The first-order chi connectivity index (χ1) is 11.7. The summed E-state index contributed by atoms with van der Waals surface area (Å²) in [6.07, 6.45) is 1.73. The van der Waals surface area contributed by atoms with E-state index in [0.29, 0.717) is 5.95 Å². The monoisotopic (exact) mass is 320 g/mol. The molecule has 0 saturated carbocycles. The van der Waals surface area contributed by atoms with Crippen molar-refractivity contribution in [3.8, 4) is 5.75 Å². The molecule has 3 aromatic rings. The lowest BCUT2D eigenvalue weighted by molar-refractivity contribution is 0.415. The topological polar surface area (TPSA) is 59.1 Å². The highest BCUT2D eigenvalue weighted by atomic mass is 16.5. The molecule has 0 unspecified atom stereocenters. The summed E-state index contributed by atoms with van der Waals surface area (Å²) in [5, 5.41) is 6.51. The average molecular weight is 320 g/mol. The molecule has 0 amide bonds. The molecule has 122 valence electrons. The first kappa shape index (κ1) is 15.8. The molecule has 1 heterocycles. The number of methoxy groups -OCH3 is 1. The predicted molar refractivity (Wildman–Crippen MR) is 96.8 cm³/mol. The zero-order valence-electron chi connectivity index (χ0n) is 13.8. The summed E-state index contributed by atoms with van der Waals surface area (Å²) in [6, 6.07) is 17.9. The van der Waals surface area contributed by atoms with Gasteiger partial charge in [-0.3, -0.25) is 0 Å². The van der Waals surface area contributed by atoms with Crippen molar-refractivity contribution in [1.29, 1.82) is 0 Å². The van der Waals surface area contributed by atoms with Gasteiger partial charge in [0.2, 0.25) is 5.95 Å². The van der Waals surface area contributed by atoms with Crippen molar-refractivity contribution in [2.24, 2.45) is 0 Å². The maximum atomic E-state index is 5.22. The Morgan fingerprint density at radius 3 is 2.75 bits per heavy atom. The van der Waals surface area contributed by atoms with Gasteiger partial charge in [-0.1, -0.05) is 35.9 Å². The second kappa shape index (κ2) is 7.46. The largest absolute Gasteiger partial charge is 0.497 e. The van der Waals surface area contributed by atoms with Crippen LogP contribution in [-0.2, 0) is 6.54 Å². The third kappa shape index (κ3) is 4.23. The Kier molecular flexibility index (Phi) is 4.91. The minimum absolute atomic E-state index is 0.539. The van der Waals surface area contributed by atoms with Gasteiger partial charge < -0.3 is 15.4 Å². The lowest BCUT2D eigenvalue weighted by atomic mass is 10.1. The molecule has 2 N–H and O–H groups in total. The second-order valence-electron chi connectivity index (χ2n) is 5.47. The van der Waals surface area contributed by atoms with Crippen LogP contribution in [0.25, 0.3) is 0 Å².